The molecule has 0 spiro atoms. The minimum atomic E-state index is -0.303. The fraction of sp³-hybridized carbons (Fsp3) is 0.143. The Kier molecular flexibility index (Phi) is 4.79. The van der Waals surface area contributed by atoms with Gasteiger partial charge in [-0.15, -0.1) is 0 Å². The van der Waals surface area contributed by atoms with Crippen LogP contribution in [-0.4, -0.2) is 18.1 Å². The first-order chi connectivity index (χ1) is 9.69. The molecule has 6 heteroatoms. The molecule has 20 heavy (non-hydrogen) atoms. The number of ether oxygens (including phenoxy) is 1. The highest BCUT2D eigenvalue weighted by Gasteiger charge is 2.05. The van der Waals surface area contributed by atoms with Gasteiger partial charge in [0.15, 0.2) is 0 Å². The molecule has 2 rings (SSSR count). The Balaban J connectivity index is 1.90. The summed E-state index contributed by atoms with van der Waals surface area (Å²) < 4.78 is 5.04. The molecular weight excluding hydrogens is 278 g/mol. The van der Waals surface area contributed by atoms with Gasteiger partial charge in [0.05, 0.1) is 12.1 Å². The number of aromatic nitrogens is 1. The summed E-state index contributed by atoms with van der Waals surface area (Å²) in [6.07, 6.45) is 3.36. The Morgan fingerprint density at radius 3 is 2.70 bits per heavy atom. The van der Waals surface area contributed by atoms with Gasteiger partial charge in [-0.25, -0.2) is 4.79 Å². The monoisotopic (exact) mass is 291 g/mol. The maximum atomic E-state index is 11.7. The molecular formula is C14H14ClN3O2. The van der Waals surface area contributed by atoms with E-state index in [1.54, 1.807) is 30.6 Å². The van der Waals surface area contributed by atoms with Crippen molar-refractivity contribution in [3.8, 4) is 5.75 Å². The molecule has 0 fully saturated rings. The van der Waals surface area contributed by atoms with Crippen molar-refractivity contribution in [2.24, 2.45) is 0 Å². The zero-order chi connectivity index (χ0) is 14.4. The largest absolute Gasteiger partial charge is 0.495 e. The van der Waals surface area contributed by atoms with Crippen LogP contribution in [0.5, 0.6) is 5.75 Å². The van der Waals surface area contributed by atoms with E-state index < -0.39 is 0 Å². The van der Waals surface area contributed by atoms with E-state index in [-0.39, 0.29) is 6.03 Å². The highest BCUT2D eigenvalue weighted by atomic mass is 35.5. The third-order valence-electron chi connectivity index (χ3n) is 2.61. The van der Waals surface area contributed by atoms with Crippen molar-refractivity contribution in [3.63, 3.8) is 0 Å². The topological polar surface area (TPSA) is 63.2 Å². The molecule has 0 saturated carbocycles. The SMILES string of the molecule is COc1ccc(NC(=O)NCc2ccncc2)cc1Cl. The number of rotatable bonds is 4. The maximum absolute atomic E-state index is 11.7. The van der Waals surface area contributed by atoms with Gasteiger partial charge in [0.2, 0.25) is 0 Å². The normalized spacial score (nSPS) is 9.90. The summed E-state index contributed by atoms with van der Waals surface area (Å²) in [6.45, 7) is 0.429. The molecule has 1 aromatic carbocycles. The van der Waals surface area contributed by atoms with Gasteiger partial charge in [0, 0.05) is 24.6 Å². The van der Waals surface area contributed by atoms with Crippen molar-refractivity contribution in [2.75, 3.05) is 12.4 Å². The molecule has 0 atom stereocenters. The second-order valence-electron chi connectivity index (χ2n) is 4.01. The molecule has 0 aliphatic carbocycles. The van der Waals surface area contributed by atoms with Gasteiger partial charge in [-0.1, -0.05) is 11.6 Å². The lowest BCUT2D eigenvalue weighted by Crippen LogP contribution is -2.28. The minimum absolute atomic E-state index is 0.303. The summed E-state index contributed by atoms with van der Waals surface area (Å²) in [5.74, 6) is 0.564. The van der Waals surface area contributed by atoms with E-state index in [9.17, 15) is 4.79 Å². The van der Waals surface area contributed by atoms with Gasteiger partial charge in [0.1, 0.15) is 5.75 Å². The number of nitrogens with one attached hydrogen (secondary N) is 2. The van der Waals surface area contributed by atoms with Gasteiger partial charge in [0.25, 0.3) is 0 Å². The van der Waals surface area contributed by atoms with Crippen LogP contribution in [0.3, 0.4) is 0 Å². The van der Waals surface area contributed by atoms with Crippen LogP contribution in [0, 0.1) is 0 Å². The molecule has 0 aliphatic rings. The van der Waals surface area contributed by atoms with E-state index in [4.69, 9.17) is 16.3 Å². The highest BCUT2D eigenvalue weighted by molar-refractivity contribution is 6.32. The standard InChI is InChI=1S/C14H14ClN3O2/c1-20-13-3-2-11(8-12(13)15)18-14(19)17-9-10-4-6-16-7-5-10/h2-8H,9H2,1H3,(H2,17,18,19). The predicted octanol–water partition coefficient (Wildman–Crippen LogP) is 3.07. The molecule has 1 aromatic heterocycles. The first-order valence-electron chi connectivity index (χ1n) is 5.96. The molecule has 0 saturated heterocycles. The van der Waals surface area contributed by atoms with Gasteiger partial charge in [-0.2, -0.15) is 0 Å². The summed E-state index contributed by atoms with van der Waals surface area (Å²) >= 11 is 5.98. The van der Waals surface area contributed by atoms with E-state index in [1.807, 2.05) is 12.1 Å². The Bertz CT molecular complexity index is 590. The minimum Gasteiger partial charge on any atom is -0.495 e. The number of hydrogen-bond donors (Lipinski definition) is 2. The second-order valence-corrected chi connectivity index (χ2v) is 4.42. The quantitative estimate of drug-likeness (QED) is 0.910. The molecule has 0 bridgehead atoms. The molecule has 0 unspecified atom stereocenters. The van der Waals surface area contributed by atoms with Gasteiger partial charge >= 0.3 is 6.03 Å². The molecule has 2 N–H and O–H groups in total. The number of pyridine rings is 1. The number of amides is 2. The summed E-state index contributed by atoms with van der Waals surface area (Å²) in [4.78, 5) is 15.7. The van der Waals surface area contributed by atoms with Gasteiger partial charge < -0.3 is 15.4 Å². The van der Waals surface area contributed by atoms with Crippen molar-refractivity contribution in [1.29, 1.82) is 0 Å². The number of methoxy groups -OCH3 is 1. The Morgan fingerprint density at radius 2 is 2.05 bits per heavy atom. The van der Waals surface area contributed by atoms with Crippen LogP contribution in [0.15, 0.2) is 42.7 Å². The fourth-order valence-corrected chi connectivity index (χ4v) is 1.86. The maximum Gasteiger partial charge on any atom is 0.319 e. The molecule has 5 nitrogen and oxygen atoms in total. The Hall–Kier alpha value is -2.27. The zero-order valence-electron chi connectivity index (χ0n) is 10.9. The number of halogens is 1. The Labute approximate surface area is 121 Å². The van der Waals surface area contributed by atoms with Gasteiger partial charge in [-0.3, -0.25) is 4.98 Å². The molecule has 2 aromatic rings. The van der Waals surface area contributed by atoms with Crippen LogP contribution in [0.25, 0.3) is 0 Å². The van der Waals surface area contributed by atoms with Crippen molar-refractivity contribution in [3.05, 3.63) is 53.3 Å². The van der Waals surface area contributed by atoms with Crippen molar-refractivity contribution in [1.82, 2.24) is 10.3 Å². The number of carbonyl (C=O) groups is 1. The smallest absolute Gasteiger partial charge is 0.319 e. The lowest BCUT2D eigenvalue weighted by molar-refractivity contribution is 0.251. The van der Waals surface area contributed by atoms with Crippen LogP contribution in [-0.2, 0) is 6.54 Å². The summed E-state index contributed by atoms with van der Waals surface area (Å²) in [5.41, 5.74) is 1.57. The number of nitrogens with zero attached hydrogens (tertiary/aromatic N) is 1. The van der Waals surface area contributed by atoms with Crippen LogP contribution in [0.1, 0.15) is 5.56 Å². The third-order valence-corrected chi connectivity index (χ3v) is 2.91. The molecule has 104 valence electrons. The zero-order valence-corrected chi connectivity index (χ0v) is 11.6. The molecule has 0 aliphatic heterocycles. The molecule has 1 heterocycles. The van der Waals surface area contributed by atoms with Crippen molar-refractivity contribution < 1.29 is 9.53 Å². The van der Waals surface area contributed by atoms with E-state index in [2.05, 4.69) is 15.6 Å². The second kappa shape index (κ2) is 6.77. The van der Waals surface area contributed by atoms with E-state index in [0.717, 1.165) is 5.56 Å². The van der Waals surface area contributed by atoms with E-state index in [0.29, 0.717) is 23.0 Å². The van der Waals surface area contributed by atoms with E-state index in [1.165, 1.54) is 7.11 Å². The van der Waals surface area contributed by atoms with Crippen LogP contribution < -0.4 is 15.4 Å². The first-order valence-corrected chi connectivity index (χ1v) is 6.34. The number of anilines is 1. The average molecular weight is 292 g/mol. The number of urea groups is 1. The van der Waals surface area contributed by atoms with Crippen LogP contribution >= 0.6 is 11.6 Å². The van der Waals surface area contributed by atoms with Crippen molar-refractivity contribution >= 4 is 23.3 Å². The number of benzene rings is 1. The first kappa shape index (κ1) is 14.1. The van der Waals surface area contributed by atoms with Gasteiger partial charge in [-0.05, 0) is 35.9 Å². The summed E-state index contributed by atoms with van der Waals surface area (Å²) in [5, 5.41) is 5.89. The predicted molar refractivity (Wildman–Crippen MR) is 78.1 cm³/mol. The molecule has 2 amide bonds. The average Bonchev–Trinajstić information content (AvgIpc) is 2.46. The highest BCUT2D eigenvalue weighted by Crippen LogP contribution is 2.27. The number of hydrogen-bond acceptors (Lipinski definition) is 3. The Morgan fingerprint density at radius 1 is 1.30 bits per heavy atom. The van der Waals surface area contributed by atoms with Crippen LogP contribution in [0.2, 0.25) is 5.02 Å². The van der Waals surface area contributed by atoms with Crippen LogP contribution in [0.4, 0.5) is 10.5 Å². The van der Waals surface area contributed by atoms with Crippen molar-refractivity contribution in [2.45, 2.75) is 6.54 Å². The summed E-state index contributed by atoms with van der Waals surface area (Å²) in [7, 11) is 1.54. The molecule has 0 radical (unpaired) electrons. The van der Waals surface area contributed by atoms with E-state index >= 15 is 0 Å². The summed E-state index contributed by atoms with van der Waals surface area (Å²) in [6, 6.07) is 8.42. The lowest BCUT2D eigenvalue weighted by atomic mass is 10.3. The third kappa shape index (κ3) is 3.86. The number of carbonyl (C=O) groups excluding carboxylic acids is 1. The lowest BCUT2D eigenvalue weighted by Gasteiger charge is -2.09. The fourth-order valence-electron chi connectivity index (χ4n) is 1.60.